The van der Waals surface area contributed by atoms with Crippen molar-refractivity contribution in [1.82, 2.24) is 19.5 Å². The molecule has 3 rings (SSSR count). The molecule has 94 valence electrons. The lowest BCUT2D eigenvalue weighted by Crippen LogP contribution is -2.25. The second-order valence-electron chi connectivity index (χ2n) is 4.56. The van der Waals surface area contributed by atoms with Crippen LogP contribution in [-0.4, -0.2) is 19.5 Å². The van der Waals surface area contributed by atoms with Crippen LogP contribution >= 0.6 is 0 Å². The molecule has 2 aromatic rings. The van der Waals surface area contributed by atoms with E-state index in [2.05, 4.69) is 20.3 Å². The lowest BCUT2D eigenvalue weighted by molar-refractivity contribution is 0.693. The summed E-state index contributed by atoms with van der Waals surface area (Å²) in [6.45, 7) is 1.94. The summed E-state index contributed by atoms with van der Waals surface area (Å²) >= 11 is 0. The van der Waals surface area contributed by atoms with Crippen LogP contribution in [0.25, 0.3) is 0 Å². The molecule has 6 nitrogen and oxygen atoms in total. The Morgan fingerprint density at radius 3 is 2.94 bits per heavy atom. The van der Waals surface area contributed by atoms with Gasteiger partial charge in [-0.3, -0.25) is 4.79 Å². The van der Waals surface area contributed by atoms with Gasteiger partial charge in [0.1, 0.15) is 5.82 Å². The first kappa shape index (κ1) is 11.0. The van der Waals surface area contributed by atoms with Gasteiger partial charge in [-0.1, -0.05) is 0 Å². The number of nitrogens with one attached hydrogen (secondary N) is 2. The largest absolute Gasteiger partial charge is 0.356 e. The van der Waals surface area contributed by atoms with Crippen molar-refractivity contribution in [3.63, 3.8) is 0 Å². The fourth-order valence-corrected chi connectivity index (χ4v) is 1.95. The van der Waals surface area contributed by atoms with Gasteiger partial charge in [-0.05, 0) is 19.8 Å². The van der Waals surface area contributed by atoms with Crippen molar-refractivity contribution in [3.05, 3.63) is 41.0 Å². The first-order chi connectivity index (χ1) is 8.75. The van der Waals surface area contributed by atoms with E-state index in [1.165, 1.54) is 0 Å². The zero-order valence-electron chi connectivity index (χ0n) is 10.1. The van der Waals surface area contributed by atoms with Gasteiger partial charge in [0.2, 0.25) is 0 Å². The molecule has 1 atom stereocenters. The van der Waals surface area contributed by atoms with E-state index in [-0.39, 0.29) is 11.6 Å². The first-order valence-electron chi connectivity index (χ1n) is 6.08. The standard InChI is InChI=1S/C12H15N5O/c1-8(10-13-4-5-14-10)16-11-12(18)17(7-6-15-11)9-2-3-9/h4-9H,2-3H2,1H3,(H,13,14)(H,15,16). The van der Waals surface area contributed by atoms with Gasteiger partial charge < -0.3 is 14.9 Å². The molecule has 2 N–H and O–H groups in total. The van der Waals surface area contributed by atoms with Gasteiger partial charge in [-0.25, -0.2) is 9.97 Å². The Labute approximate surface area is 104 Å². The zero-order chi connectivity index (χ0) is 12.5. The van der Waals surface area contributed by atoms with Gasteiger partial charge in [0.25, 0.3) is 5.56 Å². The Kier molecular flexibility index (Phi) is 2.62. The molecule has 0 amide bonds. The van der Waals surface area contributed by atoms with E-state index in [4.69, 9.17) is 0 Å². The zero-order valence-corrected chi connectivity index (χ0v) is 10.1. The van der Waals surface area contributed by atoms with Crippen LogP contribution < -0.4 is 10.9 Å². The Morgan fingerprint density at radius 1 is 1.44 bits per heavy atom. The number of hydrogen-bond acceptors (Lipinski definition) is 4. The molecule has 0 bridgehead atoms. The summed E-state index contributed by atoms with van der Waals surface area (Å²) in [5.41, 5.74) is -0.0570. The molecule has 1 fully saturated rings. The van der Waals surface area contributed by atoms with Crippen molar-refractivity contribution in [1.29, 1.82) is 0 Å². The van der Waals surface area contributed by atoms with Gasteiger partial charge in [0, 0.05) is 30.8 Å². The molecule has 0 aromatic carbocycles. The summed E-state index contributed by atoms with van der Waals surface area (Å²) < 4.78 is 1.75. The summed E-state index contributed by atoms with van der Waals surface area (Å²) in [5, 5.41) is 3.10. The molecule has 0 spiro atoms. The predicted octanol–water partition coefficient (Wildman–Crippen LogP) is 1.47. The molecule has 2 aromatic heterocycles. The topological polar surface area (TPSA) is 75.6 Å². The minimum absolute atomic E-state index is 0.0570. The van der Waals surface area contributed by atoms with E-state index < -0.39 is 0 Å². The number of hydrogen-bond donors (Lipinski definition) is 2. The molecule has 6 heteroatoms. The molecule has 18 heavy (non-hydrogen) atoms. The summed E-state index contributed by atoms with van der Waals surface area (Å²) in [6, 6.07) is 0.287. The van der Waals surface area contributed by atoms with Gasteiger partial charge in [-0.15, -0.1) is 0 Å². The fraction of sp³-hybridized carbons (Fsp3) is 0.417. The molecular weight excluding hydrogens is 230 g/mol. The monoisotopic (exact) mass is 245 g/mol. The second kappa shape index (κ2) is 4.29. The fourth-order valence-electron chi connectivity index (χ4n) is 1.95. The van der Waals surface area contributed by atoms with E-state index in [1.54, 1.807) is 29.4 Å². The van der Waals surface area contributed by atoms with Crippen molar-refractivity contribution in [2.45, 2.75) is 31.8 Å². The van der Waals surface area contributed by atoms with E-state index in [9.17, 15) is 4.79 Å². The average molecular weight is 245 g/mol. The molecule has 0 saturated heterocycles. The van der Waals surface area contributed by atoms with Crippen molar-refractivity contribution in [3.8, 4) is 0 Å². The highest BCUT2D eigenvalue weighted by Gasteiger charge is 2.25. The second-order valence-corrected chi connectivity index (χ2v) is 4.56. The quantitative estimate of drug-likeness (QED) is 0.855. The number of imidazole rings is 1. The van der Waals surface area contributed by atoms with Crippen LogP contribution in [0.4, 0.5) is 5.82 Å². The smallest absolute Gasteiger partial charge is 0.293 e. The van der Waals surface area contributed by atoms with Crippen LogP contribution in [0.15, 0.2) is 29.6 Å². The number of anilines is 1. The maximum absolute atomic E-state index is 12.2. The molecule has 1 aliphatic carbocycles. The van der Waals surface area contributed by atoms with Crippen LogP contribution in [0, 0.1) is 0 Å². The van der Waals surface area contributed by atoms with Crippen LogP contribution in [0.2, 0.25) is 0 Å². The van der Waals surface area contributed by atoms with Crippen molar-refractivity contribution in [2.24, 2.45) is 0 Å². The maximum atomic E-state index is 12.2. The van der Waals surface area contributed by atoms with Crippen LogP contribution in [-0.2, 0) is 0 Å². The number of aromatic amines is 1. The highest BCUT2D eigenvalue weighted by Crippen LogP contribution is 2.33. The van der Waals surface area contributed by atoms with Gasteiger partial charge >= 0.3 is 0 Å². The Balaban J connectivity index is 1.84. The molecular formula is C12H15N5O. The molecule has 0 radical (unpaired) electrons. The van der Waals surface area contributed by atoms with E-state index in [1.807, 2.05) is 6.92 Å². The first-order valence-corrected chi connectivity index (χ1v) is 6.08. The molecule has 1 aliphatic rings. The minimum atomic E-state index is -0.0738. The van der Waals surface area contributed by atoms with Gasteiger partial charge in [0.05, 0.1) is 6.04 Å². The summed E-state index contributed by atoms with van der Waals surface area (Å²) in [5.74, 6) is 1.17. The number of H-pyrrole nitrogens is 1. The van der Waals surface area contributed by atoms with Crippen molar-refractivity contribution < 1.29 is 0 Å². The summed E-state index contributed by atoms with van der Waals surface area (Å²) in [7, 11) is 0. The van der Waals surface area contributed by atoms with Gasteiger partial charge in [-0.2, -0.15) is 0 Å². The van der Waals surface area contributed by atoms with Crippen LogP contribution in [0.1, 0.15) is 37.7 Å². The highest BCUT2D eigenvalue weighted by atomic mass is 16.1. The Hall–Kier alpha value is -2.11. The number of aromatic nitrogens is 4. The molecule has 1 saturated carbocycles. The lowest BCUT2D eigenvalue weighted by atomic mass is 10.3. The third-order valence-corrected chi connectivity index (χ3v) is 3.09. The van der Waals surface area contributed by atoms with Gasteiger partial charge in [0.15, 0.2) is 5.82 Å². The molecule has 2 heterocycles. The maximum Gasteiger partial charge on any atom is 0.293 e. The molecule has 0 aliphatic heterocycles. The third-order valence-electron chi connectivity index (χ3n) is 3.09. The summed E-state index contributed by atoms with van der Waals surface area (Å²) in [4.78, 5) is 23.4. The van der Waals surface area contributed by atoms with E-state index in [0.717, 1.165) is 18.7 Å². The third kappa shape index (κ3) is 2.01. The number of nitrogens with zero attached hydrogens (tertiary/aromatic N) is 3. The SMILES string of the molecule is CC(Nc1nccn(C2CC2)c1=O)c1ncc[nH]1. The van der Waals surface area contributed by atoms with E-state index >= 15 is 0 Å². The molecule has 1 unspecified atom stereocenters. The highest BCUT2D eigenvalue weighted by molar-refractivity contribution is 5.33. The average Bonchev–Trinajstić information content (AvgIpc) is 3.05. The number of rotatable bonds is 4. The van der Waals surface area contributed by atoms with Crippen LogP contribution in [0.5, 0.6) is 0 Å². The van der Waals surface area contributed by atoms with E-state index in [0.29, 0.717) is 11.9 Å². The van der Waals surface area contributed by atoms with Crippen molar-refractivity contribution in [2.75, 3.05) is 5.32 Å². The normalized spacial score (nSPS) is 16.5. The Morgan fingerprint density at radius 2 is 2.28 bits per heavy atom. The minimum Gasteiger partial charge on any atom is -0.356 e. The van der Waals surface area contributed by atoms with Crippen molar-refractivity contribution >= 4 is 5.82 Å². The predicted molar refractivity (Wildman–Crippen MR) is 67.4 cm³/mol. The summed E-state index contributed by atoms with van der Waals surface area (Å²) in [6.07, 6.45) is 9.02. The Bertz CT molecular complexity index is 585. The lowest BCUT2D eigenvalue weighted by Gasteiger charge is -2.12. The van der Waals surface area contributed by atoms with Crippen LogP contribution in [0.3, 0.4) is 0 Å².